The molecule has 0 saturated carbocycles. The molecule has 0 aliphatic heterocycles. The highest BCUT2D eigenvalue weighted by molar-refractivity contribution is 6.10. The molecule has 2 amide bonds. The second-order valence-electron chi connectivity index (χ2n) is 6.96. The van der Waals surface area contributed by atoms with E-state index < -0.39 is 65.4 Å². The number of rotatable bonds is 8. The van der Waals surface area contributed by atoms with Gasteiger partial charge in [0.25, 0.3) is 34.6 Å². The Balaban J connectivity index is 1.91. The molecule has 182 valence electrons. The van der Waals surface area contributed by atoms with Crippen molar-refractivity contribution in [1.29, 1.82) is 0 Å². The van der Waals surface area contributed by atoms with Crippen LogP contribution in [0.2, 0.25) is 0 Å². The van der Waals surface area contributed by atoms with Gasteiger partial charge in [-0.05, 0) is 12.1 Å². The van der Waals surface area contributed by atoms with E-state index in [-0.39, 0.29) is 11.4 Å². The minimum Gasteiger partial charge on any atom is -0.320 e. The van der Waals surface area contributed by atoms with E-state index >= 15 is 0 Å². The molecular formula is C20H12N6O10. The van der Waals surface area contributed by atoms with Gasteiger partial charge in [0, 0.05) is 24.3 Å². The molecular weight excluding hydrogens is 484 g/mol. The van der Waals surface area contributed by atoms with Crippen LogP contribution in [0.1, 0.15) is 20.7 Å². The summed E-state index contributed by atoms with van der Waals surface area (Å²) in [7, 11) is 0. The smallest absolute Gasteiger partial charge is 0.277 e. The van der Waals surface area contributed by atoms with Crippen LogP contribution < -0.4 is 10.6 Å². The Bertz CT molecular complexity index is 1280. The number of non-ortho nitro benzene ring substituents is 4. The number of nitrogens with one attached hydrogen (secondary N) is 2. The average Bonchev–Trinajstić information content (AvgIpc) is 2.84. The number of anilines is 2. The summed E-state index contributed by atoms with van der Waals surface area (Å²) < 4.78 is 0. The molecule has 3 rings (SSSR count). The molecule has 0 unspecified atom stereocenters. The van der Waals surface area contributed by atoms with Gasteiger partial charge in [0.15, 0.2) is 0 Å². The van der Waals surface area contributed by atoms with Crippen LogP contribution in [0.5, 0.6) is 0 Å². The van der Waals surface area contributed by atoms with Gasteiger partial charge in [-0.25, -0.2) is 0 Å². The van der Waals surface area contributed by atoms with Crippen LogP contribution in [0.25, 0.3) is 0 Å². The molecule has 0 aromatic heterocycles. The molecule has 3 aromatic carbocycles. The van der Waals surface area contributed by atoms with Gasteiger partial charge in [-0.2, -0.15) is 0 Å². The van der Waals surface area contributed by atoms with Crippen LogP contribution in [-0.2, 0) is 0 Å². The van der Waals surface area contributed by atoms with Gasteiger partial charge >= 0.3 is 0 Å². The Kier molecular flexibility index (Phi) is 6.90. The number of para-hydroxylation sites is 2. The molecule has 0 aliphatic rings. The lowest BCUT2D eigenvalue weighted by Crippen LogP contribution is -2.17. The first-order valence-electron chi connectivity index (χ1n) is 9.55. The zero-order valence-electron chi connectivity index (χ0n) is 17.6. The first-order valence-corrected chi connectivity index (χ1v) is 9.55. The number of amides is 2. The quantitative estimate of drug-likeness (QED) is 0.338. The number of nitrogens with zero attached hydrogens (tertiary/aromatic N) is 4. The van der Waals surface area contributed by atoms with Crippen molar-refractivity contribution in [2.45, 2.75) is 0 Å². The number of benzene rings is 3. The molecule has 0 heterocycles. The molecule has 3 aromatic rings. The highest BCUT2D eigenvalue weighted by Crippen LogP contribution is 2.27. The summed E-state index contributed by atoms with van der Waals surface area (Å²) in [4.78, 5) is 66.0. The molecule has 36 heavy (non-hydrogen) atoms. The van der Waals surface area contributed by atoms with E-state index in [0.717, 1.165) is 24.3 Å². The predicted molar refractivity (Wildman–Crippen MR) is 122 cm³/mol. The standard InChI is InChI=1S/C20H12N6O10/c27-19(11-5-13(23(29)30)9-14(6-11)24(31)32)21-17-3-1-2-4-18(17)22-20(28)12-7-15(25(33)34)10-16(8-12)26(35)36/h1-10H,(H,21,27)(H,22,28). The Labute approximate surface area is 198 Å². The van der Waals surface area contributed by atoms with E-state index in [1.54, 1.807) is 0 Å². The summed E-state index contributed by atoms with van der Waals surface area (Å²) in [6.45, 7) is 0. The fourth-order valence-electron chi connectivity index (χ4n) is 2.96. The maximum Gasteiger partial charge on any atom is 0.277 e. The number of nitro groups is 4. The first kappa shape index (κ1) is 24.8. The van der Waals surface area contributed by atoms with E-state index in [1.165, 1.54) is 24.3 Å². The van der Waals surface area contributed by atoms with Crippen molar-refractivity contribution >= 4 is 45.9 Å². The van der Waals surface area contributed by atoms with Gasteiger partial charge in [-0.1, -0.05) is 12.1 Å². The monoisotopic (exact) mass is 496 g/mol. The van der Waals surface area contributed by atoms with Crippen LogP contribution in [0, 0.1) is 40.5 Å². The maximum atomic E-state index is 12.7. The topological polar surface area (TPSA) is 231 Å². The molecule has 0 bridgehead atoms. The van der Waals surface area contributed by atoms with Crippen molar-refractivity contribution in [2.24, 2.45) is 0 Å². The summed E-state index contributed by atoms with van der Waals surface area (Å²) in [6.07, 6.45) is 0. The van der Waals surface area contributed by atoms with Crippen molar-refractivity contribution in [3.63, 3.8) is 0 Å². The number of hydrogen-bond acceptors (Lipinski definition) is 10. The lowest BCUT2D eigenvalue weighted by atomic mass is 10.1. The van der Waals surface area contributed by atoms with E-state index in [1.807, 2.05) is 0 Å². The molecule has 2 N–H and O–H groups in total. The van der Waals surface area contributed by atoms with Crippen molar-refractivity contribution in [1.82, 2.24) is 0 Å². The first-order chi connectivity index (χ1) is 17.0. The highest BCUT2D eigenvalue weighted by atomic mass is 16.6. The van der Waals surface area contributed by atoms with Gasteiger partial charge in [0.2, 0.25) is 0 Å². The Morgan fingerprint density at radius 1 is 0.528 bits per heavy atom. The minimum absolute atomic E-state index is 0.0371. The van der Waals surface area contributed by atoms with E-state index in [4.69, 9.17) is 0 Å². The van der Waals surface area contributed by atoms with Crippen molar-refractivity contribution in [2.75, 3.05) is 10.6 Å². The summed E-state index contributed by atoms with van der Waals surface area (Å²) >= 11 is 0. The van der Waals surface area contributed by atoms with Crippen LogP contribution >= 0.6 is 0 Å². The third kappa shape index (κ3) is 5.57. The highest BCUT2D eigenvalue weighted by Gasteiger charge is 2.22. The number of carbonyl (C=O) groups is 2. The molecule has 0 spiro atoms. The molecule has 0 saturated heterocycles. The number of nitro benzene ring substituents is 4. The van der Waals surface area contributed by atoms with Crippen LogP contribution in [0.3, 0.4) is 0 Å². The summed E-state index contributed by atoms with van der Waals surface area (Å²) in [5.41, 5.74) is -3.66. The largest absolute Gasteiger partial charge is 0.320 e. The van der Waals surface area contributed by atoms with Gasteiger partial charge in [-0.3, -0.25) is 50.0 Å². The molecule has 16 nitrogen and oxygen atoms in total. The molecule has 0 fully saturated rings. The number of carbonyl (C=O) groups excluding carboxylic acids is 2. The predicted octanol–water partition coefficient (Wildman–Crippen LogP) is 3.82. The Morgan fingerprint density at radius 3 is 1.06 bits per heavy atom. The average molecular weight is 496 g/mol. The Morgan fingerprint density at radius 2 is 0.806 bits per heavy atom. The lowest BCUT2D eigenvalue weighted by molar-refractivity contribution is -0.394. The second kappa shape index (κ2) is 10.00. The minimum atomic E-state index is -0.977. The fourth-order valence-corrected chi connectivity index (χ4v) is 2.96. The van der Waals surface area contributed by atoms with Gasteiger partial charge in [0.05, 0.1) is 54.3 Å². The third-order valence-electron chi connectivity index (χ3n) is 4.60. The van der Waals surface area contributed by atoms with E-state index in [9.17, 15) is 50.0 Å². The van der Waals surface area contributed by atoms with Gasteiger partial charge < -0.3 is 10.6 Å². The van der Waals surface area contributed by atoms with E-state index in [2.05, 4.69) is 10.6 Å². The van der Waals surface area contributed by atoms with Crippen LogP contribution in [0.4, 0.5) is 34.1 Å². The van der Waals surface area contributed by atoms with Crippen LogP contribution in [0.15, 0.2) is 60.7 Å². The fraction of sp³-hybridized carbons (Fsp3) is 0. The summed E-state index contributed by atoms with van der Waals surface area (Å²) in [5.74, 6) is -1.95. The van der Waals surface area contributed by atoms with Crippen molar-refractivity contribution in [3.05, 3.63) is 112 Å². The maximum absolute atomic E-state index is 12.7. The zero-order chi connectivity index (χ0) is 26.6. The molecule has 16 heteroatoms. The lowest BCUT2D eigenvalue weighted by Gasteiger charge is -2.12. The second-order valence-corrected chi connectivity index (χ2v) is 6.96. The summed E-state index contributed by atoms with van der Waals surface area (Å²) in [5, 5.41) is 49.0. The van der Waals surface area contributed by atoms with E-state index in [0.29, 0.717) is 12.1 Å². The van der Waals surface area contributed by atoms with Gasteiger partial charge in [-0.15, -0.1) is 0 Å². The van der Waals surface area contributed by atoms with Crippen molar-refractivity contribution in [3.8, 4) is 0 Å². The normalized spacial score (nSPS) is 10.2. The number of hydrogen-bond donors (Lipinski definition) is 2. The molecule has 0 radical (unpaired) electrons. The van der Waals surface area contributed by atoms with Crippen molar-refractivity contribution < 1.29 is 29.3 Å². The van der Waals surface area contributed by atoms with Gasteiger partial charge in [0.1, 0.15) is 0 Å². The Hall–Kier alpha value is -5.80. The molecule has 0 aliphatic carbocycles. The molecule has 0 atom stereocenters. The zero-order valence-corrected chi connectivity index (χ0v) is 17.6. The third-order valence-corrected chi connectivity index (χ3v) is 4.60. The SMILES string of the molecule is O=C(Nc1ccccc1NC(=O)c1cc([N+](=O)[O-])cc([N+](=O)[O-])c1)c1cc([N+](=O)[O-])cc([N+](=O)[O-])c1. The van der Waals surface area contributed by atoms with Crippen LogP contribution in [-0.4, -0.2) is 31.5 Å². The summed E-state index contributed by atoms with van der Waals surface area (Å²) in [6, 6.07) is 10.2.